The van der Waals surface area contributed by atoms with Gasteiger partial charge in [0, 0.05) is 10.9 Å². The van der Waals surface area contributed by atoms with Crippen LogP contribution in [0.15, 0.2) is 17.5 Å². The third-order valence-corrected chi connectivity index (χ3v) is 3.46. The van der Waals surface area contributed by atoms with E-state index in [1.54, 1.807) is 19.6 Å². The van der Waals surface area contributed by atoms with Crippen LogP contribution in [0.1, 0.15) is 11.3 Å². The number of aromatic nitrogens is 1. The lowest BCUT2D eigenvalue weighted by Gasteiger charge is -2.11. The van der Waals surface area contributed by atoms with Gasteiger partial charge in [-0.25, -0.2) is 4.98 Å². The lowest BCUT2D eigenvalue weighted by Crippen LogP contribution is -1.93. The maximum atomic E-state index is 8.80. The number of hydrogen-bond donors (Lipinski definition) is 0. The van der Waals surface area contributed by atoms with E-state index in [-0.39, 0.29) is 0 Å². The Morgan fingerprint density at radius 1 is 1.22 bits per heavy atom. The first kappa shape index (κ1) is 12.4. The number of thiazole rings is 1. The van der Waals surface area contributed by atoms with E-state index in [0.717, 1.165) is 16.1 Å². The van der Waals surface area contributed by atoms with Gasteiger partial charge >= 0.3 is 0 Å². The fourth-order valence-electron chi connectivity index (χ4n) is 1.66. The summed E-state index contributed by atoms with van der Waals surface area (Å²) in [5.74, 6) is 1.35. The molecule has 1 heterocycles. The Morgan fingerprint density at radius 3 is 2.44 bits per heavy atom. The fourth-order valence-corrected chi connectivity index (χ4v) is 2.49. The van der Waals surface area contributed by atoms with Gasteiger partial charge in [0.25, 0.3) is 0 Å². The first-order valence-corrected chi connectivity index (χ1v) is 6.16. The molecule has 0 aliphatic rings. The minimum absolute atomic E-state index is 0.434. The Morgan fingerprint density at radius 2 is 1.89 bits per heavy atom. The summed E-state index contributed by atoms with van der Waals surface area (Å²) in [6.45, 7) is 1.98. The molecule has 92 valence electrons. The molecule has 0 aliphatic heterocycles. The van der Waals surface area contributed by atoms with Crippen molar-refractivity contribution in [2.45, 2.75) is 6.92 Å². The van der Waals surface area contributed by atoms with Crippen LogP contribution in [0, 0.1) is 18.3 Å². The quantitative estimate of drug-likeness (QED) is 0.851. The van der Waals surface area contributed by atoms with Crippen molar-refractivity contribution < 1.29 is 9.47 Å². The predicted molar refractivity (Wildman–Crippen MR) is 70.1 cm³/mol. The summed E-state index contributed by atoms with van der Waals surface area (Å²) in [5.41, 5.74) is 2.43. The number of hydrogen-bond acceptors (Lipinski definition) is 5. The van der Waals surface area contributed by atoms with Crippen LogP contribution in [0.4, 0.5) is 0 Å². The van der Waals surface area contributed by atoms with Crippen molar-refractivity contribution in [3.8, 4) is 28.1 Å². The molecule has 0 aliphatic carbocycles. The molecule has 0 atom stereocenters. The second kappa shape index (κ2) is 5.07. The summed E-state index contributed by atoms with van der Waals surface area (Å²) in [6, 6.07) is 5.82. The first-order valence-electron chi connectivity index (χ1n) is 5.28. The maximum absolute atomic E-state index is 8.80. The minimum Gasteiger partial charge on any atom is -0.493 e. The zero-order chi connectivity index (χ0) is 13.1. The van der Waals surface area contributed by atoms with Gasteiger partial charge in [0.2, 0.25) is 0 Å². The molecule has 1 aromatic carbocycles. The lowest BCUT2D eigenvalue weighted by molar-refractivity contribution is 0.355. The Hall–Kier alpha value is -2.06. The monoisotopic (exact) mass is 260 g/mol. The van der Waals surface area contributed by atoms with Crippen LogP contribution in [0.2, 0.25) is 0 Å². The second-order valence-electron chi connectivity index (χ2n) is 3.67. The number of aryl methyl sites for hydroxylation is 1. The van der Waals surface area contributed by atoms with Crippen LogP contribution in [-0.2, 0) is 0 Å². The summed E-state index contributed by atoms with van der Waals surface area (Å²) >= 11 is 1.44. The zero-order valence-corrected chi connectivity index (χ0v) is 11.2. The Kier molecular flexibility index (Phi) is 3.49. The third kappa shape index (κ3) is 2.15. The molecule has 2 rings (SSSR count). The van der Waals surface area contributed by atoms with Crippen LogP contribution < -0.4 is 9.47 Å². The van der Waals surface area contributed by atoms with Crippen molar-refractivity contribution in [1.82, 2.24) is 4.98 Å². The zero-order valence-electron chi connectivity index (χ0n) is 10.4. The van der Waals surface area contributed by atoms with Crippen LogP contribution in [0.3, 0.4) is 0 Å². The van der Waals surface area contributed by atoms with Gasteiger partial charge in [-0.15, -0.1) is 11.3 Å². The number of ether oxygens (including phenoxy) is 2. The van der Waals surface area contributed by atoms with Gasteiger partial charge in [-0.05, 0) is 24.6 Å². The topological polar surface area (TPSA) is 55.1 Å². The van der Waals surface area contributed by atoms with E-state index < -0.39 is 0 Å². The molecule has 0 saturated heterocycles. The van der Waals surface area contributed by atoms with Gasteiger partial charge in [-0.2, -0.15) is 5.26 Å². The highest BCUT2D eigenvalue weighted by atomic mass is 32.1. The summed E-state index contributed by atoms with van der Waals surface area (Å²) < 4.78 is 10.5. The molecular weight excluding hydrogens is 248 g/mol. The van der Waals surface area contributed by atoms with Gasteiger partial charge in [-0.3, -0.25) is 0 Å². The molecule has 2 aromatic rings. The molecular formula is C13H12N2O2S. The Bertz CT molecular complexity index is 614. The maximum Gasteiger partial charge on any atom is 0.161 e. The number of methoxy groups -OCH3 is 2. The highest BCUT2D eigenvalue weighted by Crippen LogP contribution is 2.36. The van der Waals surface area contributed by atoms with Crippen molar-refractivity contribution in [3.05, 3.63) is 28.8 Å². The van der Waals surface area contributed by atoms with Crippen molar-refractivity contribution >= 4 is 11.3 Å². The SMILES string of the molecule is COc1cc(C)c(-c2nc(C#N)cs2)cc1OC. The number of rotatable bonds is 3. The van der Waals surface area contributed by atoms with Crippen molar-refractivity contribution in [2.75, 3.05) is 14.2 Å². The van der Waals surface area contributed by atoms with Crippen LogP contribution in [-0.4, -0.2) is 19.2 Å². The van der Waals surface area contributed by atoms with E-state index in [0.29, 0.717) is 17.2 Å². The molecule has 0 radical (unpaired) electrons. The molecule has 0 N–H and O–H groups in total. The summed E-state index contributed by atoms with van der Waals surface area (Å²) in [6.07, 6.45) is 0. The molecule has 0 saturated carbocycles. The average molecular weight is 260 g/mol. The van der Waals surface area contributed by atoms with Gasteiger partial charge in [0.1, 0.15) is 11.1 Å². The molecule has 0 bridgehead atoms. The van der Waals surface area contributed by atoms with Gasteiger partial charge in [-0.1, -0.05) is 0 Å². The second-order valence-corrected chi connectivity index (χ2v) is 4.53. The van der Waals surface area contributed by atoms with Crippen LogP contribution in [0.25, 0.3) is 10.6 Å². The van der Waals surface area contributed by atoms with Crippen LogP contribution >= 0.6 is 11.3 Å². The van der Waals surface area contributed by atoms with E-state index in [2.05, 4.69) is 4.98 Å². The fraction of sp³-hybridized carbons (Fsp3) is 0.231. The summed E-state index contributed by atoms with van der Waals surface area (Å²) in [4.78, 5) is 4.25. The minimum atomic E-state index is 0.434. The summed E-state index contributed by atoms with van der Waals surface area (Å²) in [7, 11) is 3.20. The Balaban J connectivity index is 2.54. The van der Waals surface area contributed by atoms with Crippen molar-refractivity contribution in [3.63, 3.8) is 0 Å². The Labute approximate surface area is 109 Å². The molecule has 0 unspecified atom stereocenters. The molecule has 4 nitrogen and oxygen atoms in total. The predicted octanol–water partition coefficient (Wildman–Crippen LogP) is 3.01. The van der Waals surface area contributed by atoms with E-state index in [1.165, 1.54) is 11.3 Å². The van der Waals surface area contributed by atoms with E-state index >= 15 is 0 Å². The normalized spacial score (nSPS) is 9.89. The van der Waals surface area contributed by atoms with Crippen LogP contribution in [0.5, 0.6) is 11.5 Å². The number of nitrogens with zero attached hydrogens (tertiary/aromatic N) is 2. The van der Waals surface area contributed by atoms with Crippen molar-refractivity contribution in [1.29, 1.82) is 5.26 Å². The standard InChI is InChI=1S/C13H12N2O2S/c1-8-4-11(16-2)12(17-3)5-10(8)13-15-9(6-14)7-18-13/h4-5,7H,1-3H3. The average Bonchev–Trinajstić information content (AvgIpc) is 2.86. The van der Waals surface area contributed by atoms with Crippen molar-refractivity contribution in [2.24, 2.45) is 0 Å². The molecule has 0 amide bonds. The molecule has 0 spiro atoms. The first-order chi connectivity index (χ1) is 8.69. The largest absolute Gasteiger partial charge is 0.493 e. The highest BCUT2D eigenvalue weighted by Gasteiger charge is 2.12. The molecule has 0 fully saturated rings. The smallest absolute Gasteiger partial charge is 0.161 e. The van der Waals surface area contributed by atoms with E-state index in [1.807, 2.05) is 25.1 Å². The van der Waals surface area contributed by atoms with E-state index in [4.69, 9.17) is 14.7 Å². The van der Waals surface area contributed by atoms with Gasteiger partial charge < -0.3 is 9.47 Å². The lowest BCUT2D eigenvalue weighted by atomic mass is 10.1. The summed E-state index contributed by atoms with van der Waals surface area (Å²) in [5, 5.41) is 11.4. The van der Waals surface area contributed by atoms with E-state index in [9.17, 15) is 0 Å². The van der Waals surface area contributed by atoms with Gasteiger partial charge in [0.15, 0.2) is 17.2 Å². The molecule has 18 heavy (non-hydrogen) atoms. The molecule has 1 aromatic heterocycles. The highest BCUT2D eigenvalue weighted by molar-refractivity contribution is 7.13. The molecule has 5 heteroatoms. The third-order valence-electron chi connectivity index (χ3n) is 2.58. The van der Waals surface area contributed by atoms with Gasteiger partial charge in [0.05, 0.1) is 14.2 Å². The number of benzene rings is 1. The number of nitriles is 1.